The Hall–Kier alpha value is -2.85. The van der Waals surface area contributed by atoms with Gasteiger partial charge in [-0.25, -0.2) is 0 Å². The number of carbonyl (C=O) groups is 1. The van der Waals surface area contributed by atoms with E-state index in [0.717, 1.165) is 37.7 Å². The highest BCUT2D eigenvalue weighted by Gasteiger charge is 2.63. The highest BCUT2D eigenvalue weighted by Crippen LogP contribution is 2.69. The average Bonchev–Trinajstić information content (AvgIpc) is 3.14. The summed E-state index contributed by atoms with van der Waals surface area (Å²) in [6.07, 6.45) is 7.93. The lowest BCUT2D eigenvalue weighted by Gasteiger charge is -2.55. The SMILES string of the molecule is CN(C)c1ccc([C@H]2C[C@@]3(C)[C@@H](CC[C@@]3(O)c3cccc(O)c3)[C@@H]3CCC4=CC(=O)CCC4=C32)cc1. The Kier molecular flexibility index (Phi) is 5.46. The smallest absolute Gasteiger partial charge is 0.156 e. The van der Waals surface area contributed by atoms with Crippen LogP contribution in [0.15, 0.2) is 71.3 Å². The molecule has 2 N–H and O–H groups in total. The van der Waals surface area contributed by atoms with Gasteiger partial charge in [-0.3, -0.25) is 4.79 Å². The molecule has 6 rings (SSSR count). The molecule has 0 amide bonds. The summed E-state index contributed by atoms with van der Waals surface area (Å²) >= 11 is 0. The molecule has 0 heterocycles. The third-order valence-electron chi connectivity index (χ3n) is 10.0. The number of rotatable bonds is 3. The molecule has 4 heteroatoms. The lowest BCUT2D eigenvalue weighted by atomic mass is 9.50. The lowest BCUT2D eigenvalue weighted by Crippen LogP contribution is -2.50. The molecule has 4 aliphatic rings. The fourth-order valence-electron chi connectivity index (χ4n) is 8.21. The van der Waals surface area contributed by atoms with E-state index in [9.17, 15) is 15.0 Å². The zero-order chi connectivity index (χ0) is 25.2. The maximum absolute atomic E-state index is 12.4. The van der Waals surface area contributed by atoms with E-state index in [2.05, 4.69) is 50.2 Å². The van der Waals surface area contributed by atoms with Crippen LogP contribution in [0.25, 0.3) is 0 Å². The second kappa shape index (κ2) is 8.34. The van der Waals surface area contributed by atoms with Crippen molar-refractivity contribution in [1.29, 1.82) is 0 Å². The monoisotopic (exact) mass is 483 g/mol. The predicted molar refractivity (Wildman–Crippen MR) is 143 cm³/mol. The van der Waals surface area contributed by atoms with Gasteiger partial charge in [0.05, 0.1) is 5.60 Å². The Morgan fingerprint density at radius 1 is 1.00 bits per heavy atom. The number of ketones is 1. The molecule has 0 radical (unpaired) electrons. The van der Waals surface area contributed by atoms with Gasteiger partial charge in [-0.05, 0) is 103 Å². The number of anilines is 1. The van der Waals surface area contributed by atoms with Crippen molar-refractivity contribution >= 4 is 11.5 Å². The number of aromatic hydroxyl groups is 1. The summed E-state index contributed by atoms with van der Waals surface area (Å²) in [7, 11) is 4.13. The fraction of sp³-hybridized carbons (Fsp3) is 0.469. The Balaban J connectivity index is 1.51. The van der Waals surface area contributed by atoms with Crippen molar-refractivity contribution in [1.82, 2.24) is 0 Å². The normalized spacial score (nSPS) is 33.5. The van der Waals surface area contributed by atoms with Crippen molar-refractivity contribution in [2.75, 3.05) is 19.0 Å². The summed E-state index contributed by atoms with van der Waals surface area (Å²) in [5.41, 5.74) is 6.26. The number of phenols is 1. The Bertz CT molecular complexity index is 1270. The van der Waals surface area contributed by atoms with Crippen LogP contribution in [0.5, 0.6) is 5.75 Å². The van der Waals surface area contributed by atoms with E-state index in [1.807, 2.05) is 18.2 Å². The summed E-state index contributed by atoms with van der Waals surface area (Å²) in [6.45, 7) is 2.30. The molecule has 4 aliphatic carbocycles. The molecule has 0 bridgehead atoms. The van der Waals surface area contributed by atoms with Crippen LogP contribution in [0.2, 0.25) is 0 Å². The quantitative estimate of drug-likeness (QED) is 0.542. The zero-order valence-electron chi connectivity index (χ0n) is 21.6. The van der Waals surface area contributed by atoms with Crippen LogP contribution in [-0.4, -0.2) is 30.1 Å². The first-order valence-electron chi connectivity index (χ1n) is 13.5. The van der Waals surface area contributed by atoms with Gasteiger partial charge < -0.3 is 15.1 Å². The van der Waals surface area contributed by atoms with Crippen molar-refractivity contribution in [2.24, 2.45) is 17.3 Å². The van der Waals surface area contributed by atoms with E-state index in [1.165, 1.54) is 22.4 Å². The van der Waals surface area contributed by atoms with Crippen LogP contribution in [0.1, 0.15) is 68.9 Å². The third kappa shape index (κ3) is 3.41. The van der Waals surface area contributed by atoms with E-state index in [4.69, 9.17) is 0 Å². The summed E-state index contributed by atoms with van der Waals surface area (Å²) in [6, 6.07) is 16.2. The van der Waals surface area contributed by atoms with Gasteiger partial charge in [0.1, 0.15) is 5.75 Å². The summed E-state index contributed by atoms with van der Waals surface area (Å²) in [4.78, 5) is 14.4. The van der Waals surface area contributed by atoms with Crippen LogP contribution < -0.4 is 4.90 Å². The Labute approximate surface area is 214 Å². The van der Waals surface area contributed by atoms with Crippen LogP contribution >= 0.6 is 0 Å². The van der Waals surface area contributed by atoms with Gasteiger partial charge >= 0.3 is 0 Å². The van der Waals surface area contributed by atoms with Crippen molar-refractivity contribution in [3.63, 3.8) is 0 Å². The number of nitrogens with zero attached hydrogens (tertiary/aromatic N) is 1. The number of phenolic OH excluding ortho intramolecular Hbond substituents is 1. The molecule has 2 fully saturated rings. The average molecular weight is 484 g/mol. The van der Waals surface area contributed by atoms with E-state index >= 15 is 0 Å². The second-order valence-electron chi connectivity index (χ2n) is 11.9. The maximum Gasteiger partial charge on any atom is 0.156 e. The first-order valence-corrected chi connectivity index (χ1v) is 13.5. The zero-order valence-corrected chi connectivity index (χ0v) is 21.6. The molecule has 2 saturated carbocycles. The van der Waals surface area contributed by atoms with Crippen LogP contribution in [-0.2, 0) is 10.4 Å². The van der Waals surface area contributed by atoms with Crippen molar-refractivity contribution in [2.45, 2.75) is 63.4 Å². The van der Waals surface area contributed by atoms with E-state index < -0.39 is 5.60 Å². The molecule has 4 nitrogen and oxygen atoms in total. The standard InChI is InChI=1S/C32H37NO3/c1-31-19-28(20-7-10-23(11-8-20)33(2)3)30-26-14-12-25(35)17-21(26)9-13-27(30)29(31)15-16-32(31,36)22-5-4-6-24(34)18-22/h4-8,10-11,17-18,27-29,34,36H,9,12-16,19H2,1-3H3/t27-,28+,29-,31-,32+/m0/s1. The molecule has 36 heavy (non-hydrogen) atoms. The molecule has 0 spiro atoms. The van der Waals surface area contributed by atoms with Gasteiger partial charge in [0.15, 0.2) is 5.78 Å². The molecular weight excluding hydrogens is 446 g/mol. The number of fused-ring (bicyclic) bond motifs is 4. The van der Waals surface area contributed by atoms with E-state index in [1.54, 1.807) is 17.7 Å². The maximum atomic E-state index is 12.4. The largest absolute Gasteiger partial charge is 0.508 e. The lowest BCUT2D eigenvalue weighted by molar-refractivity contribution is -0.114. The minimum absolute atomic E-state index is 0.210. The van der Waals surface area contributed by atoms with Gasteiger partial charge in [0, 0.05) is 37.5 Å². The number of carbonyl (C=O) groups excluding carboxylic acids is 1. The van der Waals surface area contributed by atoms with Crippen LogP contribution in [0.3, 0.4) is 0 Å². The fourth-order valence-corrected chi connectivity index (χ4v) is 8.21. The molecule has 188 valence electrons. The number of allylic oxidation sites excluding steroid dienone is 4. The van der Waals surface area contributed by atoms with Crippen molar-refractivity contribution in [3.05, 3.63) is 82.5 Å². The van der Waals surface area contributed by atoms with Gasteiger partial charge in [-0.2, -0.15) is 0 Å². The predicted octanol–water partition coefficient (Wildman–Crippen LogP) is 6.25. The second-order valence-corrected chi connectivity index (χ2v) is 11.9. The Morgan fingerprint density at radius 3 is 2.50 bits per heavy atom. The molecule has 0 unspecified atom stereocenters. The molecule has 5 atom stereocenters. The van der Waals surface area contributed by atoms with E-state index in [0.29, 0.717) is 24.7 Å². The number of benzene rings is 2. The van der Waals surface area contributed by atoms with Crippen LogP contribution in [0.4, 0.5) is 5.69 Å². The summed E-state index contributed by atoms with van der Waals surface area (Å²) < 4.78 is 0. The molecule has 0 saturated heterocycles. The molecular formula is C32H37NO3. The van der Waals surface area contributed by atoms with Gasteiger partial charge in [0.2, 0.25) is 0 Å². The molecule has 2 aromatic carbocycles. The summed E-state index contributed by atoms with van der Waals surface area (Å²) in [5, 5.41) is 22.6. The first kappa shape index (κ1) is 23.5. The highest BCUT2D eigenvalue weighted by atomic mass is 16.3. The Morgan fingerprint density at radius 2 is 1.78 bits per heavy atom. The van der Waals surface area contributed by atoms with Crippen molar-refractivity contribution < 1.29 is 15.0 Å². The molecule has 0 aliphatic heterocycles. The van der Waals surface area contributed by atoms with Crippen LogP contribution in [0, 0.1) is 17.3 Å². The van der Waals surface area contributed by atoms with Gasteiger partial charge in [-0.15, -0.1) is 0 Å². The highest BCUT2D eigenvalue weighted by molar-refractivity contribution is 5.93. The van der Waals surface area contributed by atoms with Crippen molar-refractivity contribution in [3.8, 4) is 5.75 Å². The molecule has 2 aromatic rings. The minimum atomic E-state index is -0.979. The number of hydrogen-bond donors (Lipinski definition) is 2. The van der Waals surface area contributed by atoms with Gasteiger partial charge in [-0.1, -0.05) is 36.8 Å². The number of aliphatic hydroxyl groups is 1. The van der Waals surface area contributed by atoms with E-state index in [-0.39, 0.29) is 22.9 Å². The topological polar surface area (TPSA) is 60.8 Å². The molecule has 0 aromatic heterocycles. The summed E-state index contributed by atoms with van der Waals surface area (Å²) in [5.74, 6) is 1.47. The van der Waals surface area contributed by atoms with Gasteiger partial charge in [0.25, 0.3) is 0 Å². The third-order valence-corrected chi connectivity index (χ3v) is 10.0. The first-order chi connectivity index (χ1) is 17.2. The minimum Gasteiger partial charge on any atom is -0.508 e. The number of hydrogen-bond acceptors (Lipinski definition) is 4.